The van der Waals surface area contributed by atoms with Gasteiger partial charge < -0.3 is 14.6 Å². The highest BCUT2D eigenvalue weighted by molar-refractivity contribution is 6.00. The largest absolute Gasteiger partial charge is 0.478 e. The van der Waals surface area contributed by atoms with E-state index in [1.54, 1.807) is 0 Å². The van der Waals surface area contributed by atoms with Gasteiger partial charge in [0.1, 0.15) is 0 Å². The van der Waals surface area contributed by atoms with Gasteiger partial charge in [-0.1, -0.05) is 18.7 Å². The Morgan fingerprint density at radius 2 is 1.75 bits per heavy atom. The van der Waals surface area contributed by atoms with Crippen LogP contribution < -0.4 is 0 Å². The summed E-state index contributed by atoms with van der Waals surface area (Å²) in [5, 5.41) is 8.97. The molecule has 1 atom stereocenters. The maximum absolute atomic E-state index is 11.9. The minimum atomic E-state index is -1.43. The lowest BCUT2D eigenvalue weighted by Crippen LogP contribution is -2.45. The topological polar surface area (TPSA) is 89.9 Å². The summed E-state index contributed by atoms with van der Waals surface area (Å²) >= 11 is 0. The van der Waals surface area contributed by atoms with Crippen molar-refractivity contribution in [1.29, 1.82) is 0 Å². The van der Waals surface area contributed by atoms with Crippen LogP contribution in [0, 0.1) is 11.3 Å². The molecule has 0 aromatic heterocycles. The number of carbonyl (C=O) groups is 3. The molecule has 1 aliphatic carbocycles. The van der Waals surface area contributed by atoms with Crippen molar-refractivity contribution in [3.05, 3.63) is 24.3 Å². The van der Waals surface area contributed by atoms with Crippen molar-refractivity contribution in [2.45, 2.75) is 19.3 Å². The van der Waals surface area contributed by atoms with Crippen molar-refractivity contribution >= 4 is 17.9 Å². The van der Waals surface area contributed by atoms with Crippen molar-refractivity contribution in [3.63, 3.8) is 0 Å². The molecular formula is C14H18O6. The second-order valence-electron chi connectivity index (χ2n) is 4.82. The molecule has 1 aliphatic rings. The van der Waals surface area contributed by atoms with E-state index in [0.29, 0.717) is 5.57 Å². The number of allylic oxidation sites excluding steroid dienone is 1. The molecule has 0 aliphatic heterocycles. The first-order valence-corrected chi connectivity index (χ1v) is 6.06. The van der Waals surface area contributed by atoms with Crippen LogP contribution in [0.1, 0.15) is 19.3 Å². The molecule has 1 N–H and O–H groups in total. The van der Waals surface area contributed by atoms with Gasteiger partial charge in [-0.05, 0) is 19.3 Å². The molecular weight excluding hydrogens is 264 g/mol. The van der Waals surface area contributed by atoms with Gasteiger partial charge in [0.25, 0.3) is 0 Å². The zero-order valence-electron chi connectivity index (χ0n) is 11.6. The van der Waals surface area contributed by atoms with Gasteiger partial charge in [0.2, 0.25) is 0 Å². The van der Waals surface area contributed by atoms with E-state index in [4.69, 9.17) is 5.11 Å². The number of methoxy groups -OCH3 is 2. The summed E-state index contributed by atoms with van der Waals surface area (Å²) in [7, 11) is 2.39. The second-order valence-corrected chi connectivity index (χ2v) is 4.82. The second kappa shape index (κ2) is 5.90. The van der Waals surface area contributed by atoms with E-state index >= 15 is 0 Å². The molecule has 0 amide bonds. The van der Waals surface area contributed by atoms with E-state index in [0.717, 1.165) is 0 Å². The van der Waals surface area contributed by atoms with Crippen molar-refractivity contribution in [3.8, 4) is 0 Å². The quantitative estimate of drug-likeness (QED) is 0.362. The van der Waals surface area contributed by atoms with Crippen LogP contribution in [-0.2, 0) is 23.9 Å². The molecule has 0 aromatic carbocycles. The minimum absolute atomic E-state index is 0.00329. The number of rotatable bonds is 4. The predicted octanol–water partition coefficient (Wildman–Crippen LogP) is 1.32. The highest BCUT2D eigenvalue weighted by Gasteiger charge is 2.52. The third kappa shape index (κ3) is 2.59. The first kappa shape index (κ1) is 15.9. The standard InChI is InChI=1S/C14H18O6/c1-8-7-14(12(17)19-3,13(18)20-4)6-5-10(8)9(2)11(15)16/h10H,1-2,5-7H2,3-4H3,(H,15,16). The highest BCUT2D eigenvalue weighted by Crippen LogP contribution is 2.45. The van der Waals surface area contributed by atoms with Crippen LogP contribution in [0.5, 0.6) is 0 Å². The van der Waals surface area contributed by atoms with Crippen molar-refractivity contribution in [2.24, 2.45) is 11.3 Å². The smallest absolute Gasteiger partial charge is 0.331 e. The third-order valence-electron chi connectivity index (χ3n) is 3.73. The Kier molecular flexibility index (Phi) is 4.70. The maximum atomic E-state index is 11.9. The van der Waals surface area contributed by atoms with Crippen molar-refractivity contribution < 1.29 is 29.0 Å². The third-order valence-corrected chi connectivity index (χ3v) is 3.73. The molecule has 1 rings (SSSR count). The highest BCUT2D eigenvalue weighted by atomic mass is 16.5. The normalized spacial score (nSPS) is 20.9. The monoisotopic (exact) mass is 282 g/mol. The van der Waals surface area contributed by atoms with Crippen LogP contribution in [0.2, 0.25) is 0 Å². The van der Waals surface area contributed by atoms with Gasteiger partial charge in [-0.2, -0.15) is 0 Å². The predicted molar refractivity (Wildman–Crippen MR) is 69.7 cm³/mol. The van der Waals surface area contributed by atoms with Crippen LogP contribution >= 0.6 is 0 Å². The van der Waals surface area contributed by atoms with Gasteiger partial charge in [-0.15, -0.1) is 0 Å². The average Bonchev–Trinajstić information content (AvgIpc) is 2.44. The molecule has 6 heteroatoms. The van der Waals surface area contributed by atoms with E-state index in [1.807, 2.05) is 0 Å². The lowest BCUT2D eigenvalue weighted by molar-refractivity contribution is -0.170. The average molecular weight is 282 g/mol. The van der Waals surface area contributed by atoms with Gasteiger partial charge in [0.05, 0.1) is 14.2 Å². The fourth-order valence-electron chi connectivity index (χ4n) is 2.59. The summed E-state index contributed by atoms with van der Waals surface area (Å²) in [5.41, 5.74) is -0.951. The molecule has 0 spiro atoms. The van der Waals surface area contributed by atoms with E-state index < -0.39 is 29.2 Å². The fraction of sp³-hybridized carbons (Fsp3) is 0.500. The minimum Gasteiger partial charge on any atom is -0.478 e. The van der Waals surface area contributed by atoms with Crippen LogP contribution in [0.3, 0.4) is 0 Å². The molecule has 0 bridgehead atoms. The van der Waals surface area contributed by atoms with Gasteiger partial charge in [-0.25, -0.2) is 4.79 Å². The van der Waals surface area contributed by atoms with Crippen LogP contribution in [0.4, 0.5) is 0 Å². The lowest BCUT2D eigenvalue weighted by Gasteiger charge is -2.36. The lowest BCUT2D eigenvalue weighted by atomic mass is 9.66. The molecule has 1 saturated carbocycles. The van der Waals surface area contributed by atoms with Gasteiger partial charge in [0.15, 0.2) is 5.41 Å². The molecule has 20 heavy (non-hydrogen) atoms. The van der Waals surface area contributed by atoms with Crippen LogP contribution in [-0.4, -0.2) is 37.2 Å². The first-order chi connectivity index (χ1) is 9.30. The molecule has 6 nitrogen and oxygen atoms in total. The van der Waals surface area contributed by atoms with E-state index in [-0.39, 0.29) is 24.8 Å². The van der Waals surface area contributed by atoms with Gasteiger partial charge in [-0.3, -0.25) is 9.59 Å². The first-order valence-electron chi connectivity index (χ1n) is 6.06. The Balaban J connectivity index is 3.05. The summed E-state index contributed by atoms with van der Waals surface area (Å²) in [6, 6.07) is 0. The number of carboxylic acids is 1. The van der Waals surface area contributed by atoms with E-state index in [1.165, 1.54) is 14.2 Å². The van der Waals surface area contributed by atoms with Crippen molar-refractivity contribution in [1.82, 2.24) is 0 Å². The molecule has 0 aromatic rings. The number of aliphatic carboxylic acids is 1. The van der Waals surface area contributed by atoms with Crippen LogP contribution in [0.25, 0.3) is 0 Å². The zero-order chi connectivity index (χ0) is 15.5. The summed E-state index contributed by atoms with van der Waals surface area (Å²) in [6.45, 7) is 7.30. The number of hydrogen-bond donors (Lipinski definition) is 1. The Hall–Kier alpha value is -2.11. The molecule has 1 unspecified atom stereocenters. The number of esters is 2. The Labute approximate surface area is 117 Å². The Morgan fingerprint density at radius 1 is 1.25 bits per heavy atom. The Bertz CT molecular complexity index is 460. The SMILES string of the molecule is C=C1CC(C(=O)OC)(C(=O)OC)CCC1C(=C)C(=O)O. The summed E-state index contributed by atoms with van der Waals surface area (Å²) < 4.78 is 9.38. The summed E-state index contributed by atoms with van der Waals surface area (Å²) in [4.78, 5) is 34.8. The number of carbonyl (C=O) groups excluding carboxylic acids is 2. The summed E-state index contributed by atoms with van der Waals surface area (Å²) in [6.07, 6.45) is 0.430. The van der Waals surface area contributed by atoms with Crippen LogP contribution in [0.15, 0.2) is 24.3 Å². The van der Waals surface area contributed by atoms with Gasteiger partial charge in [0, 0.05) is 11.5 Å². The zero-order valence-corrected chi connectivity index (χ0v) is 11.6. The molecule has 110 valence electrons. The molecule has 1 fully saturated rings. The number of hydrogen-bond acceptors (Lipinski definition) is 5. The van der Waals surface area contributed by atoms with E-state index in [9.17, 15) is 14.4 Å². The molecule has 0 saturated heterocycles. The Morgan fingerprint density at radius 3 is 2.10 bits per heavy atom. The fourth-order valence-corrected chi connectivity index (χ4v) is 2.59. The number of ether oxygens (including phenoxy) is 2. The molecule has 0 heterocycles. The number of carboxylic acid groups (broad SMARTS) is 1. The maximum Gasteiger partial charge on any atom is 0.331 e. The van der Waals surface area contributed by atoms with E-state index in [2.05, 4.69) is 22.6 Å². The van der Waals surface area contributed by atoms with Gasteiger partial charge >= 0.3 is 17.9 Å². The molecule has 0 radical (unpaired) electrons. The van der Waals surface area contributed by atoms with Crippen molar-refractivity contribution in [2.75, 3.05) is 14.2 Å². The summed E-state index contributed by atoms with van der Waals surface area (Å²) in [5.74, 6) is -2.94.